The molecule has 0 aliphatic rings. The molecule has 0 radical (unpaired) electrons. The molecule has 18 heavy (non-hydrogen) atoms. The lowest BCUT2D eigenvalue weighted by atomic mass is 10.2. The standard InChI is InChI=1S/C13H21N5/c1-4-13-12(9-17(3)16-13)7-15-11(2)8-18-6-5-14-10-18/h5-6,9-11,15H,4,7-8H2,1-3H3. The maximum atomic E-state index is 4.44. The van der Waals surface area contributed by atoms with Crippen molar-refractivity contribution in [2.24, 2.45) is 7.05 Å². The van der Waals surface area contributed by atoms with Crippen molar-refractivity contribution in [3.8, 4) is 0 Å². The zero-order valence-corrected chi connectivity index (χ0v) is 11.3. The van der Waals surface area contributed by atoms with E-state index in [2.05, 4.69) is 40.0 Å². The molecule has 1 atom stereocenters. The number of hydrogen-bond acceptors (Lipinski definition) is 3. The molecule has 0 amide bonds. The third-order valence-corrected chi connectivity index (χ3v) is 3.01. The monoisotopic (exact) mass is 247 g/mol. The number of aromatic nitrogens is 4. The summed E-state index contributed by atoms with van der Waals surface area (Å²) in [5.74, 6) is 0. The molecule has 2 rings (SSSR count). The first-order valence-electron chi connectivity index (χ1n) is 6.39. The van der Waals surface area contributed by atoms with Crippen molar-refractivity contribution >= 4 is 0 Å². The smallest absolute Gasteiger partial charge is 0.0946 e. The Kier molecular flexibility index (Phi) is 4.15. The van der Waals surface area contributed by atoms with Crippen LogP contribution in [-0.2, 0) is 26.6 Å². The average Bonchev–Trinajstić information content (AvgIpc) is 2.95. The molecule has 0 bridgehead atoms. The quantitative estimate of drug-likeness (QED) is 0.838. The number of imidazole rings is 1. The summed E-state index contributed by atoms with van der Waals surface area (Å²) in [6.07, 6.45) is 8.71. The van der Waals surface area contributed by atoms with Crippen molar-refractivity contribution in [1.82, 2.24) is 24.6 Å². The van der Waals surface area contributed by atoms with Gasteiger partial charge in [0, 0.05) is 50.3 Å². The van der Waals surface area contributed by atoms with Gasteiger partial charge in [0.25, 0.3) is 0 Å². The lowest BCUT2D eigenvalue weighted by Gasteiger charge is -2.14. The molecule has 0 aromatic carbocycles. The second-order valence-corrected chi connectivity index (χ2v) is 4.67. The molecule has 2 aromatic rings. The Morgan fingerprint density at radius 1 is 1.44 bits per heavy atom. The number of nitrogens with zero attached hydrogens (tertiary/aromatic N) is 4. The summed E-state index contributed by atoms with van der Waals surface area (Å²) in [4.78, 5) is 4.05. The predicted octanol–water partition coefficient (Wildman–Crippen LogP) is 1.36. The highest BCUT2D eigenvalue weighted by molar-refractivity contribution is 5.16. The Labute approximate surface area is 108 Å². The Bertz CT molecular complexity index is 472. The normalized spacial score (nSPS) is 12.8. The van der Waals surface area contributed by atoms with Crippen LogP contribution in [0.25, 0.3) is 0 Å². The van der Waals surface area contributed by atoms with Gasteiger partial charge in [-0.1, -0.05) is 6.92 Å². The van der Waals surface area contributed by atoms with Crippen molar-refractivity contribution in [2.45, 2.75) is 39.4 Å². The SMILES string of the molecule is CCc1nn(C)cc1CNC(C)Cn1ccnc1. The number of nitrogens with one attached hydrogen (secondary N) is 1. The van der Waals surface area contributed by atoms with E-state index in [1.165, 1.54) is 11.3 Å². The van der Waals surface area contributed by atoms with Crippen molar-refractivity contribution < 1.29 is 0 Å². The maximum Gasteiger partial charge on any atom is 0.0946 e. The van der Waals surface area contributed by atoms with Crippen molar-refractivity contribution in [2.75, 3.05) is 0 Å². The molecule has 5 nitrogen and oxygen atoms in total. The molecule has 5 heteroatoms. The van der Waals surface area contributed by atoms with Gasteiger partial charge in [0.2, 0.25) is 0 Å². The third-order valence-electron chi connectivity index (χ3n) is 3.01. The Morgan fingerprint density at radius 2 is 2.28 bits per heavy atom. The van der Waals surface area contributed by atoms with Gasteiger partial charge in [-0.3, -0.25) is 4.68 Å². The van der Waals surface area contributed by atoms with Gasteiger partial charge in [0.1, 0.15) is 0 Å². The zero-order valence-electron chi connectivity index (χ0n) is 11.3. The minimum atomic E-state index is 0.407. The molecule has 0 saturated heterocycles. The summed E-state index contributed by atoms with van der Waals surface area (Å²) in [5.41, 5.74) is 2.47. The molecular formula is C13H21N5. The second-order valence-electron chi connectivity index (χ2n) is 4.67. The van der Waals surface area contributed by atoms with Gasteiger partial charge in [-0.2, -0.15) is 5.10 Å². The van der Waals surface area contributed by atoms with Crippen LogP contribution in [0.4, 0.5) is 0 Å². The first-order chi connectivity index (χ1) is 8.69. The van der Waals surface area contributed by atoms with Crippen molar-refractivity contribution in [3.05, 3.63) is 36.2 Å². The zero-order chi connectivity index (χ0) is 13.0. The van der Waals surface area contributed by atoms with Gasteiger partial charge < -0.3 is 9.88 Å². The summed E-state index contributed by atoms with van der Waals surface area (Å²) < 4.78 is 3.97. The van der Waals surface area contributed by atoms with Crippen molar-refractivity contribution in [1.29, 1.82) is 0 Å². The van der Waals surface area contributed by atoms with Crippen LogP contribution in [0.5, 0.6) is 0 Å². The molecule has 2 heterocycles. The van der Waals surface area contributed by atoms with E-state index < -0.39 is 0 Å². The highest BCUT2D eigenvalue weighted by Gasteiger charge is 2.07. The molecular weight excluding hydrogens is 226 g/mol. The van der Waals surface area contributed by atoms with E-state index in [4.69, 9.17) is 0 Å². The first-order valence-corrected chi connectivity index (χ1v) is 6.39. The van der Waals surface area contributed by atoms with E-state index in [-0.39, 0.29) is 0 Å². The van der Waals surface area contributed by atoms with E-state index in [1.54, 1.807) is 0 Å². The van der Waals surface area contributed by atoms with Gasteiger partial charge in [-0.05, 0) is 13.3 Å². The fourth-order valence-corrected chi connectivity index (χ4v) is 2.09. The maximum absolute atomic E-state index is 4.44. The van der Waals surface area contributed by atoms with Gasteiger partial charge >= 0.3 is 0 Å². The fraction of sp³-hybridized carbons (Fsp3) is 0.538. The molecule has 0 aliphatic carbocycles. The molecule has 2 aromatic heterocycles. The minimum Gasteiger partial charge on any atom is -0.336 e. The summed E-state index contributed by atoms with van der Waals surface area (Å²) in [5, 5.41) is 7.97. The molecule has 0 spiro atoms. The topological polar surface area (TPSA) is 47.7 Å². The van der Waals surface area contributed by atoms with Crippen molar-refractivity contribution in [3.63, 3.8) is 0 Å². The van der Waals surface area contributed by atoms with E-state index in [0.717, 1.165) is 19.5 Å². The van der Waals surface area contributed by atoms with Crippen LogP contribution in [0.3, 0.4) is 0 Å². The highest BCUT2D eigenvalue weighted by Crippen LogP contribution is 2.07. The lowest BCUT2D eigenvalue weighted by molar-refractivity contribution is 0.475. The van der Waals surface area contributed by atoms with Crippen LogP contribution in [0.2, 0.25) is 0 Å². The molecule has 0 saturated carbocycles. The number of aryl methyl sites for hydroxylation is 2. The van der Waals surface area contributed by atoms with E-state index in [1.807, 2.05) is 30.5 Å². The molecule has 1 N–H and O–H groups in total. The minimum absolute atomic E-state index is 0.407. The van der Waals surface area contributed by atoms with E-state index >= 15 is 0 Å². The Hall–Kier alpha value is -1.62. The van der Waals surface area contributed by atoms with Gasteiger partial charge in [0.15, 0.2) is 0 Å². The molecule has 0 fully saturated rings. The largest absolute Gasteiger partial charge is 0.336 e. The second kappa shape index (κ2) is 5.82. The predicted molar refractivity (Wildman–Crippen MR) is 71.1 cm³/mol. The first kappa shape index (κ1) is 12.8. The van der Waals surface area contributed by atoms with E-state index in [0.29, 0.717) is 6.04 Å². The summed E-state index contributed by atoms with van der Waals surface area (Å²) in [7, 11) is 1.97. The molecule has 98 valence electrons. The highest BCUT2D eigenvalue weighted by atomic mass is 15.3. The van der Waals surface area contributed by atoms with Gasteiger partial charge in [-0.15, -0.1) is 0 Å². The van der Waals surface area contributed by atoms with Crippen LogP contribution in [-0.4, -0.2) is 25.4 Å². The summed E-state index contributed by atoms with van der Waals surface area (Å²) >= 11 is 0. The van der Waals surface area contributed by atoms with Gasteiger partial charge in [0.05, 0.1) is 12.0 Å². The Morgan fingerprint density at radius 3 is 2.94 bits per heavy atom. The molecule has 0 aliphatic heterocycles. The fourth-order valence-electron chi connectivity index (χ4n) is 2.09. The summed E-state index contributed by atoms with van der Waals surface area (Å²) in [6, 6.07) is 0.407. The summed E-state index contributed by atoms with van der Waals surface area (Å²) in [6.45, 7) is 6.12. The molecule has 1 unspecified atom stereocenters. The van der Waals surface area contributed by atoms with Crippen LogP contribution < -0.4 is 5.32 Å². The number of hydrogen-bond donors (Lipinski definition) is 1. The van der Waals surface area contributed by atoms with E-state index in [9.17, 15) is 0 Å². The average molecular weight is 247 g/mol. The van der Waals surface area contributed by atoms with Crippen LogP contribution in [0.15, 0.2) is 24.9 Å². The van der Waals surface area contributed by atoms with Crippen LogP contribution >= 0.6 is 0 Å². The third kappa shape index (κ3) is 3.20. The lowest BCUT2D eigenvalue weighted by Crippen LogP contribution is -2.29. The Balaban J connectivity index is 1.86. The van der Waals surface area contributed by atoms with Crippen LogP contribution in [0, 0.1) is 0 Å². The number of rotatable bonds is 6. The van der Waals surface area contributed by atoms with Gasteiger partial charge in [-0.25, -0.2) is 4.98 Å². The van der Waals surface area contributed by atoms with Crippen LogP contribution in [0.1, 0.15) is 25.1 Å².